The van der Waals surface area contributed by atoms with Crippen LogP contribution in [0.5, 0.6) is 5.75 Å². The zero-order valence-electron chi connectivity index (χ0n) is 9.40. The number of ether oxygens (including phenoxy) is 1. The van der Waals surface area contributed by atoms with E-state index in [1.54, 1.807) is 0 Å². The minimum absolute atomic E-state index is 0.0661. The van der Waals surface area contributed by atoms with Gasteiger partial charge in [-0.15, -0.1) is 0 Å². The van der Waals surface area contributed by atoms with Gasteiger partial charge in [0.2, 0.25) is 0 Å². The number of hydrogen-bond donors (Lipinski definition) is 0. The molecule has 0 unspecified atom stereocenters. The Morgan fingerprint density at radius 2 is 1.89 bits per heavy atom. The predicted molar refractivity (Wildman–Crippen MR) is 67.6 cm³/mol. The highest BCUT2D eigenvalue weighted by Crippen LogP contribution is 2.28. The molecule has 0 saturated heterocycles. The molecule has 0 atom stereocenters. The van der Waals surface area contributed by atoms with Gasteiger partial charge in [0, 0.05) is 0 Å². The van der Waals surface area contributed by atoms with Crippen molar-refractivity contribution in [3.05, 3.63) is 64.4 Å². The van der Waals surface area contributed by atoms with E-state index in [1.165, 1.54) is 12.1 Å². The average molecular weight is 265 g/mol. The first kappa shape index (κ1) is 12.6. The maximum atomic E-state index is 13.7. The maximum absolute atomic E-state index is 13.7. The van der Waals surface area contributed by atoms with Gasteiger partial charge >= 0.3 is 0 Å². The summed E-state index contributed by atoms with van der Waals surface area (Å²) in [6, 6.07) is 12.0. The van der Waals surface area contributed by atoms with Crippen molar-refractivity contribution in [2.24, 2.45) is 0 Å². The number of carbonyl (C=O) groups is 1. The van der Waals surface area contributed by atoms with Crippen LogP contribution in [0.4, 0.5) is 4.39 Å². The zero-order chi connectivity index (χ0) is 13.0. The maximum Gasteiger partial charge on any atom is 0.184 e. The van der Waals surface area contributed by atoms with Gasteiger partial charge in [0.15, 0.2) is 17.9 Å². The molecule has 0 aliphatic carbocycles. The van der Waals surface area contributed by atoms with Gasteiger partial charge < -0.3 is 4.74 Å². The minimum atomic E-state index is -0.711. The van der Waals surface area contributed by atoms with Gasteiger partial charge in [-0.1, -0.05) is 41.9 Å². The van der Waals surface area contributed by atoms with Gasteiger partial charge in [0.25, 0.3) is 0 Å². The topological polar surface area (TPSA) is 26.3 Å². The number of benzene rings is 2. The molecule has 4 heteroatoms. The Balaban J connectivity index is 2.23. The summed E-state index contributed by atoms with van der Waals surface area (Å²) in [6.07, 6.45) is 0.541. The highest BCUT2D eigenvalue weighted by molar-refractivity contribution is 6.31. The highest BCUT2D eigenvalue weighted by atomic mass is 35.5. The monoisotopic (exact) mass is 264 g/mol. The number of halogens is 2. The molecular formula is C14H10ClFO2. The van der Waals surface area contributed by atoms with E-state index in [1.807, 2.05) is 30.3 Å². The van der Waals surface area contributed by atoms with Crippen LogP contribution in [0.2, 0.25) is 5.02 Å². The van der Waals surface area contributed by atoms with E-state index in [2.05, 4.69) is 0 Å². The van der Waals surface area contributed by atoms with Crippen molar-refractivity contribution in [3.8, 4) is 5.75 Å². The van der Waals surface area contributed by atoms with Gasteiger partial charge in [0.05, 0.1) is 10.6 Å². The van der Waals surface area contributed by atoms with E-state index in [9.17, 15) is 9.18 Å². The molecule has 2 aromatic rings. The molecule has 0 N–H and O–H groups in total. The summed E-state index contributed by atoms with van der Waals surface area (Å²) in [5.41, 5.74) is 1.03. The fourth-order valence-electron chi connectivity index (χ4n) is 1.52. The molecule has 0 spiro atoms. The third-order valence-corrected chi connectivity index (χ3v) is 2.73. The largest absolute Gasteiger partial charge is 0.485 e. The molecule has 0 aliphatic rings. The lowest BCUT2D eigenvalue weighted by molar-refractivity contribution is 0.111. The lowest BCUT2D eigenvalue weighted by Crippen LogP contribution is -2.01. The van der Waals surface area contributed by atoms with Crippen molar-refractivity contribution in [2.75, 3.05) is 0 Å². The standard InChI is InChI=1S/C14H10ClFO2/c15-12-7-6-11(8-17)14(13(12)16)18-9-10-4-2-1-3-5-10/h1-8H,9H2. The molecule has 0 aromatic heterocycles. The van der Waals surface area contributed by atoms with Gasteiger partial charge in [0.1, 0.15) is 6.61 Å². The zero-order valence-corrected chi connectivity index (χ0v) is 10.2. The lowest BCUT2D eigenvalue weighted by atomic mass is 10.2. The van der Waals surface area contributed by atoms with Gasteiger partial charge in [-0.3, -0.25) is 4.79 Å². The molecule has 0 saturated carbocycles. The molecule has 0 fully saturated rings. The second-order valence-corrected chi connectivity index (χ2v) is 4.08. The third-order valence-electron chi connectivity index (χ3n) is 2.43. The SMILES string of the molecule is O=Cc1ccc(Cl)c(F)c1OCc1ccccc1. The summed E-state index contributed by atoms with van der Waals surface area (Å²) in [5.74, 6) is -0.821. The van der Waals surface area contributed by atoms with Crippen LogP contribution in [0, 0.1) is 5.82 Å². The number of hydrogen-bond acceptors (Lipinski definition) is 2. The molecule has 0 bridgehead atoms. The van der Waals surface area contributed by atoms with E-state index >= 15 is 0 Å². The van der Waals surface area contributed by atoms with Crippen LogP contribution < -0.4 is 4.74 Å². The first-order valence-electron chi connectivity index (χ1n) is 5.32. The van der Waals surface area contributed by atoms with Crippen molar-refractivity contribution in [1.29, 1.82) is 0 Å². The smallest absolute Gasteiger partial charge is 0.184 e. The molecule has 0 amide bonds. The Labute approximate surface area is 109 Å². The second-order valence-electron chi connectivity index (χ2n) is 3.67. The van der Waals surface area contributed by atoms with Crippen molar-refractivity contribution in [2.45, 2.75) is 6.61 Å². The van der Waals surface area contributed by atoms with Gasteiger partial charge in [-0.2, -0.15) is 0 Å². The number of rotatable bonds is 4. The van der Waals surface area contributed by atoms with Crippen LogP contribution in [0.1, 0.15) is 15.9 Å². The number of aldehydes is 1. The highest BCUT2D eigenvalue weighted by Gasteiger charge is 2.13. The van der Waals surface area contributed by atoms with E-state index in [0.717, 1.165) is 5.56 Å². The Hall–Kier alpha value is -1.87. The second kappa shape index (κ2) is 5.65. The van der Waals surface area contributed by atoms with E-state index in [0.29, 0.717) is 6.29 Å². The predicted octanol–water partition coefficient (Wildman–Crippen LogP) is 3.87. The van der Waals surface area contributed by atoms with Crippen LogP contribution in [0.3, 0.4) is 0 Å². The number of carbonyl (C=O) groups excluding carboxylic acids is 1. The molecule has 18 heavy (non-hydrogen) atoms. The van der Waals surface area contributed by atoms with E-state index in [-0.39, 0.29) is 22.9 Å². The van der Waals surface area contributed by atoms with Crippen molar-refractivity contribution >= 4 is 17.9 Å². The van der Waals surface area contributed by atoms with Crippen LogP contribution in [-0.4, -0.2) is 6.29 Å². The first-order chi connectivity index (χ1) is 8.72. The lowest BCUT2D eigenvalue weighted by Gasteiger charge is -2.10. The van der Waals surface area contributed by atoms with Crippen LogP contribution in [0.25, 0.3) is 0 Å². The van der Waals surface area contributed by atoms with E-state index in [4.69, 9.17) is 16.3 Å². The summed E-state index contributed by atoms with van der Waals surface area (Å²) in [5, 5.41) is -0.0661. The normalized spacial score (nSPS) is 10.1. The molecule has 2 nitrogen and oxygen atoms in total. The molecule has 0 radical (unpaired) electrons. The molecule has 2 aromatic carbocycles. The molecule has 2 rings (SSSR count). The fourth-order valence-corrected chi connectivity index (χ4v) is 1.67. The summed E-state index contributed by atoms with van der Waals surface area (Å²) in [6.45, 7) is 0.180. The Morgan fingerprint density at radius 1 is 1.17 bits per heavy atom. The average Bonchev–Trinajstić information content (AvgIpc) is 2.41. The molecular weight excluding hydrogens is 255 g/mol. The minimum Gasteiger partial charge on any atom is -0.485 e. The Bertz CT molecular complexity index is 555. The molecule has 0 aliphatic heterocycles. The third kappa shape index (κ3) is 2.68. The van der Waals surface area contributed by atoms with Crippen LogP contribution >= 0.6 is 11.6 Å². The van der Waals surface area contributed by atoms with Crippen molar-refractivity contribution in [3.63, 3.8) is 0 Å². The van der Waals surface area contributed by atoms with Crippen LogP contribution in [0.15, 0.2) is 42.5 Å². The molecule has 0 heterocycles. The van der Waals surface area contributed by atoms with E-state index < -0.39 is 5.82 Å². The quantitative estimate of drug-likeness (QED) is 0.784. The van der Waals surface area contributed by atoms with Crippen LogP contribution in [-0.2, 0) is 6.61 Å². The summed E-state index contributed by atoms with van der Waals surface area (Å²) >= 11 is 5.65. The summed E-state index contributed by atoms with van der Waals surface area (Å²) in [7, 11) is 0. The fraction of sp³-hybridized carbons (Fsp3) is 0.0714. The Kier molecular flexibility index (Phi) is 3.95. The van der Waals surface area contributed by atoms with Crippen molar-refractivity contribution < 1.29 is 13.9 Å². The first-order valence-corrected chi connectivity index (χ1v) is 5.70. The van der Waals surface area contributed by atoms with Crippen molar-refractivity contribution in [1.82, 2.24) is 0 Å². The van der Waals surface area contributed by atoms with Gasteiger partial charge in [-0.05, 0) is 17.7 Å². The molecule has 92 valence electrons. The Morgan fingerprint density at radius 3 is 2.56 bits per heavy atom. The van der Waals surface area contributed by atoms with Gasteiger partial charge in [-0.25, -0.2) is 4.39 Å². The summed E-state index contributed by atoms with van der Waals surface area (Å²) in [4.78, 5) is 10.8. The summed E-state index contributed by atoms with van der Waals surface area (Å²) < 4.78 is 19.1.